The molecule has 1 unspecified atom stereocenters. The highest BCUT2D eigenvalue weighted by Crippen LogP contribution is 2.09. The van der Waals surface area contributed by atoms with Crippen molar-refractivity contribution in [3.8, 4) is 0 Å². The van der Waals surface area contributed by atoms with Gasteiger partial charge in [-0.15, -0.1) is 0 Å². The smallest absolute Gasteiger partial charge is 0.251 e. The minimum atomic E-state index is -1.38. The molecule has 0 aliphatic carbocycles. The Morgan fingerprint density at radius 3 is 1.86 bits per heavy atom. The van der Waals surface area contributed by atoms with Crippen LogP contribution < -0.4 is 10.6 Å². The Morgan fingerprint density at radius 1 is 0.759 bits per heavy atom. The molecule has 0 spiro atoms. The second-order valence-corrected chi connectivity index (χ2v) is 6.78. The Labute approximate surface area is 170 Å². The van der Waals surface area contributed by atoms with Gasteiger partial charge in [0.05, 0.1) is 6.04 Å². The van der Waals surface area contributed by atoms with E-state index >= 15 is 0 Å². The summed E-state index contributed by atoms with van der Waals surface area (Å²) in [6.07, 6.45) is -1.05. The molecule has 5 heteroatoms. The number of carbonyl (C=O) groups excluding carboxylic acids is 2. The summed E-state index contributed by atoms with van der Waals surface area (Å²) in [5, 5.41) is 16.2. The quantitative estimate of drug-likeness (QED) is 0.555. The normalized spacial score (nSPS) is 12.6. The van der Waals surface area contributed by atoms with Crippen molar-refractivity contribution in [3.05, 3.63) is 108 Å². The molecule has 0 saturated heterocycles. The number of benzene rings is 3. The van der Waals surface area contributed by atoms with E-state index in [-0.39, 0.29) is 5.91 Å². The number of amides is 2. The van der Waals surface area contributed by atoms with Crippen LogP contribution in [-0.4, -0.2) is 29.1 Å². The molecule has 0 aromatic heterocycles. The molecule has 3 N–H and O–H groups in total. The highest BCUT2D eigenvalue weighted by Gasteiger charge is 2.28. The number of nitrogens with one attached hydrogen (secondary N) is 2. The maximum absolute atomic E-state index is 12.6. The van der Waals surface area contributed by atoms with Gasteiger partial charge >= 0.3 is 0 Å². The molecule has 0 aliphatic heterocycles. The fraction of sp³-hybridized carbons (Fsp3) is 0.167. The van der Waals surface area contributed by atoms with E-state index < -0.39 is 18.1 Å². The Balaban J connectivity index is 1.70. The molecular weight excluding hydrogens is 364 g/mol. The van der Waals surface area contributed by atoms with Gasteiger partial charge in [-0.25, -0.2) is 0 Å². The van der Waals surface area contributed by atoms with E-state index in [0.29, 0.717) is 18.5 Å². The van der Waals surface area contributed by atoms with Crippen LogP contribution in [0.3, 0.4) is 0 Å². The van der Waals surface area contributed by atoms with Crippen molar-refractivity contribution in [2.24, 2.45) is 0 Å². The predicted octanol–water partition coefficient (Wildman–Crippen LogP) is 2.71. The number of aliphatic hydroxyl groups excluding tert-OH is 1. The second kappa shape index (κ2) is 10.2. The molecule has 5 nitrogen and oxygen atoms in total. The first-order valence-corrected chi connectivity index (χ1v) is 9.53. The van der Waals surface area contributed by atoms with Crippen molar-refractivity contribution in [1.82, 2.24) is 10.6 Å². The molecule has 0 bridgehead atoms. The zero-order chi connectivity index (χ0) is 20.5. The van der Waals surface area contributed by atoms with E-state index in [1.807, 2.05) is 66.7 Å². The molecule has 0 fully saturated rings. The highest BCUT2D eigenvalue weighted by atomic mass is 16.3. The van der Waals surface area contributed by atoms with Gasteiger partial charge in [0.1, 0.15) is 0 Å². The van der Waals surface area contributed by atoms with Crippen molar-refractivity contribution in [3.63, 3.8) is 0 Å². The highest BCUT2D eigenvalue weighted by molar-refractivity contribution is 5.95. The minimum Gasteiger partial charge on any atom is -0.381 e. The number of hydrogen-bond donors (Lipinski definition) is 3. The number of hydrogen-bond acceptors (Lipinski definition) is 3. The molecule has 29 heavy (non-hydrogen) atoms. The van der Waals surface area contributed by atoms with Crippen LogP contribution in [0.5, 0.6) is 0 Å². The maximum atomic E-state index is 12.6. The van der Waals surface area contributed by atoms with Crippen molar-refractivity contribution >= 4 is 11.8 Å². The topological polar surface area (TPSA) is 78.4 Å². The lowest BCUT2D eigenvalue weighted by Gasteiger charge is -2.24. The Kier molecular flexibility index (Phi) is 7.14. The van der Waals surface area contributed by atoms with Crippen LogP contribution in [0.4, 0.5) is 0 Å². The second-order valence-electron chi connectivity index (χ2n) is 6.78. The van der Waals surface area contributed by atoms with E-state index in [4.69, 9.17) is 0 Å². The summed E-state index contributed by atoms with van der Waals surface area (Å²) in [6, 6.07) is 26.9. The SMILES string of the molecule is O=C(N[C@@H](Cc1ccccc1)C(O)C(=O)NCc1ccccc1)c1ccccc1. The van der Waals surface area contributed by atoms with Crippen molar-refractivity contribution in [1.29, 1.82) is 0 Å². The summed E-state index contributed by atoms with van der Waals surface area (Å²) in [6.45, 7) is 0.307. The Hall–Kier alpha value is -3.44. The summed E-state index contributed by atoms with van der Waals surface area (Å²) in [5.74, 6) is -0.857. The summed E-state index contributed by atoms with van der Waals surface area (Å²) < 4.78 is 0. The third-order valence-corrected chi connectivity index (χ3v) is 4.61. The van der Waals surface area contributed by atoms with Crippen LogP contribution in [0.25, 0.3) is 0 Å². The maximum Gasteiger partial charge on any atom is 0.251 e. The van der Waals surface area contributed by atoms with Crippen LogP contribution in [0.15, 0.2) is 91.0 Å². The zero-order valence-electron chi connectivity index (χ0n) is 16.0. The fourth-order valence-electron chi connectivity index (χ4n) is 3.02. The monoisotopic (exact) mass is 388 g/mol. The Morgan fingerprint density at radius 2 is 1.28 bits per heavy atom. The molecular formula is C24H24N2O3. The van der Waals surface area contributed by atoms with Crippen molar-refractivity contribution < 1.29 is 14.7 Å². The van der Waals surface area contributed by atoms with Crippen LogP contribution in [0.2, 0.25) is 0 Å². The summed E-state index contributed by atoms with van der Waals surface area (Å²) in [5.41, 5.74) is 2.32. The molecule has 0 saturated carbocycles. The van der Waals surface area contributed by atoms with Gasteiger partial charge in [-0.1, -0.05) is 78.9 Å². The summed E-state index contributed by atoms with van der Waals surface area (Å²) in [7, 11) is 0. The number of aliphatic hydroxyl groups is 1. The van der Waals surface area contributed by atoms with E-state index in [9.17, 15) is 14.7 Å². The van der Waals surface area contributed by atoms with Crippen molar-refractivity contribution in [2.45, 2.75) is 25.1 Å². The van der Waals surface area contributed by atoms with Crippen molar-refractivity contribution in [2.75, 3.05) is 0 Å². The molecule has 3 rings (SSSR count). The third-order valence-electron chi connectivity index (χ3n) is 4.61. The van der Waals surface area contributed by atoms with Gasteiger partial charge in [-0.2, -0.15) is 0 Å². The first kappa shape index (κ1) is 20.3. The van der Waals surface area contributed by atoms with Gasteiger partial charge in [0.2, 0.25) is 0 Å². The number of rotatable bonds is 8. The van der Waals surface area contributed by atoms with Gasteiger partial charge in [0, 0.05) is 12.1 Å². The largest absolute Gasteiger partial charge is 0.381 e. The lowest BCUT2D eigenvalue weighted by molar-refractivity contribution is -0.130. The fourth-order valence-corrected chi connectivity index (χ4v) is 3.02. The van der Waals surface area contributed by atoms with E-state index in [0.717, 1.165) is 11.1 Å². The van der Waals surface area contributed by atoms with Gasteiger partial charge < -0.3 is 15.7 Å². The van der Waals surface area contributed by atoms with Crippen LogP contribution in [0, 0.1) is 0 Å². The standard InChI is InChI=1S/C24H24N2O3/c27-22(24(29)25-17-19-12-6-2-7-13-19)21(16-18-10-4-1-5-11-18)26-23(28)20-14-8-3-9-15-20/h1-15,21-22,27H,16-17H2,(H,25,29)(H,26,28)/t21-,22?/m0/s1. The van der Waals surface area contributed by atoms with Crippen LogP contribution in [0.1, 0.15) is 21.5 Å². The molecule has 3 aromatic carbocycles. The molecule has 0 aliphatic rings. The molecule has 148 valence electrons. The molecule has 0 heterocycles. The first-order chi connectivity index (χ1) is 14.1. The molecule has 3 aromatic rings. The summed E-state index contributed by atoms with van der Waals surface area (Å²) in [4.78, 5) is 25.2. The molecule has 2 atom stereocenters. The molecule has 0 radical (unpaired) electrons. The number of carbonyl (C=O) groups is 2. The lowest BCUT2D eigenvalue weighted by atomic mass is 10.00. The van der Waals surface area contributed by atoms with Gasteiger partial charge in [0.15, 0.2) is 6.10 Å². The average Bonchev–Trinajstić information content (AvgIpc) is 2.78. The van der Waals surface area contributed by atoms with E-state index in [2.05, 4.69) is 10.6 Å². The predicted molar refractivity (Wildman–Crippen MR) is 112 cm³/mol. The van der Waals surface area contributed by atoms with Gasteiger partial charge in [0.25, 0.3) is 11.8 Å². The lowest BCUT2D eigenvalue weighted by Crippen LogP contribution is -2.51. The van der Waals surface area contributed by atoms with Gasteiger partial charge in [-0.05, 0) is 29.7 Å². The summed E-state index contributed by atoms with van der Waals surface area (Å²) >= 11 is 0. The van der Waals surface area contributed by atoms with E-state index in [1.165, 1.54) is 0 Å². The Bertz CT molecular complexity index is 915. The third kappa shape index (κ3) is 6.02. The zero-order valence-corrected chi connectivity index (χ0v) is 16.0. The minimum absolute atomic E-state index is 0.307. The average molecular weight is 388 g/mol. The first-order valence-electron chi connectivity index (χ1n) is 9.53. The molecule has 2 amide bonds. The van der Waals surface area contributed by atoms with E-state index in [1.54, 1.807) is 24.3 Å². The van der Waals surface area contributed by atoms with Gasteiger partial charge in [-0.3, -0.25) is 9.59 Å². The van der Waals surface area contributed by atoms with Crippen LogP contribution in [-0.2, 0) is 17.8 Å². The van der Waals surface area contributed by atoms with Crippen LogP contribution >= 0.6 is 0 Å².